The van der Waals surface area contributed by atoms with Crippen molar-refractivity contribution in [1.82, 2.24) is 0 Å². The Bertz CT molecular complexity index is 1070. The lowest BCUT2D eigenvalue weighted by Gasteiger charge is -2.06. The maximum absolute atomic E-state index is 12.2. The summed E-state index contributed by atoms with van der Waals surface area (Å²) in [6, 6.07) is 24.8. The minimum Gasteiger partial charge on any atom is -0.494 e. The van der Waals surface area contributed by atoms with Crippen molar-refractivity contribution in [2.75, 3.05) is 6.61 Å². The second-order valence-electron chi connectivity index (χ2n) is 6.64. The summed E-state index contributed by atoms with van der Waals surface area (Å²) in [5.74, 6) is 1.34. The zero-order valence-electron chi connectivity index (χ0n) is 16.6. The molecule has 1 aliphatic heterocycles. The van der Waals surface area contributed by atoms with Gasteiger partial charge in [0.15, 0.2) is 5.70 Å². The first-order valence-electron chi connectivity index (χ1n) is 9.74. The normalized spacial score (nSPS) is 14.4. The molecule has 1 aliphatic rings. The molecule has 5 nitrogen and oxygen atoms in total. The van der Waals surface area contributed by atoms with Gasteiger partial charge in [0.2, 0.25) is 5.90 Å². The first kappa shape index (κ1) is 19.5. The Kier molecular flexibility index (Phi) is 5.90. The topological polar surface area (TPSA) is 57.1 Å². The van der Waals surface area contributed by atoms with Gasteiger partial charge < -0.3 is 14.2 Å². The third kappa shape index (κ3) is 4.75. The van der Waals surface area contributed by atoms with Gasteiger partial charge in [-0.25, -0.2) is 9.79 Å². The lowest BCUT2D eigenvalue weighted by atomic mass is 10.2. The number of hydrogen-bond donors (Lipinski definition) is 0. The van der Waals surface area contributed by atoms with Gasteiger partial charge in [-0.05, 0) is 60.5 Å². The molecule has 0 saturated carbocycles. The summed E-state index contributed by atoms with van der Waals surface area (Å²) in [5, 5.41) is 0. The Morgan fingerprint density at radius 1 is 0.867 bits per heavy atom. The third-order valence-corrected chi connectivity index (χ3v) is 4.46. The Morgan fingerprint density at radius 3 is 2.23 bits per heavy atom. The molecule has 0 fully saturated rings. The van der Waals surface area contributed by atoms with Gasteiger partial charge in [-0.15, -0.1) is 0 Å². The Balaban J connectivity index is 1.43. The molecule has 0 saturated heterocycles. The van der Waals surface area contributed by atoms with Crippen molar-refractivity contribution in [3.05, 3.63) is 101 Å². The molecule has 0 N–H and O–H groups in total. The van der Waals surface area contributed by atoms with E-state index in [1.54, 1.807) is 6.08 Å². The van der Waals surface area contributed by atoms with Gasteiger partial charge in [0.05, 0.1) is 6.61 Å². The second kappa shape index (κ2) is 9.09. The molecule has 5 heteroatoms. The highest BCUT2D eigenvalue weighted by atomic mass is 16.6. The number of ether oxygens (including phenoxy) is 3. The average Bonchev–Trinajstić information content (AvgIpc) is 3.15. The third-order valence-electron chi connectivity index (χ3n) is 4.46. The quantitative estimate of drug-likeness (QED) is 0.414. The minimum absolute atomic E-state index is 0.261. The maximum Gasteiger partial charge on any atom is 0.363 e. The molecule has 0 atom stereocenters. The van der Waals surface area contributed by atoms with E-state index in [0.717, 1.165) is 28.2 Å². The van der Waals surface area contributed by atoms with Crippen molar-refractivity contribution < 1.29 is 19.0 Å². The van der Waals surface area contributed by atoms with E-state index in [1.807, 2.05) is 85.8 Å². The first-order valence-corrected chi connectivity index (χ1v) is 9.74. The van der Waals surface area contributed by atoms with Gasteiger partial charge in [-0.2, -0.15) is 0 Å². The fourth-order valence-electron chi connectivity index (χ4n) is 2.95. The smallest absolute Gasteiger partial charge is 0.363 e. The van der Waals surface area contributed by atoms with Crippen LogP contribution in [0, 0.1) is 0 Å². The van der Waals surface area contributed by atoms with Crippen molar-refractivity contribution in [2.24, 2.45) is 4.99 Å². The number of nitrogens with zero attached hydrogens (tertiary/aromatic N) is 1. The zero-order valence-corrected chi connectivity index (χ0v) is 16.6. The predicted molar refractivity (Wildman–Crippen MR) is 115 cm³/mol. The van der Waals surface area contributed by atoms with Gasteiger partial charge in [0, 0.05) is 5.56 Å². The fourth-order valence-corrected chi connectivity index (χ4v) is 2.95. The van der Waals surface area contributed by atoms with E-state index >= 15 is 0 Å². The van der Waals surface area contributed by atoms with Crippen LogP contribution in [0.1, 0.15) is 23.6 Å². The van der Waals surface area contributed by atoms with Gasteiger partial charge >= 0.3 is 5.97 Å². The molecule has 150 valence electrons. The van der Waals surface area contributed by atoms with Crippen molar-refractivity contribution >= 4 is 17.9 Å². The lowest BCUT2D eigenvalue weighted by Crippen LogP contribution is -2.05. The molecule has 0 unspecified atom stereocenters. The number of aliphatic imine (C=N–C) groups is 1. The molecule has 1 heterocycles. The van der Waals surface area contributed by atoms with Crippen LogP contribution in [0.25, 0.3) is 6.08 Å². The number of benzene rings is 3. The summed E-state index contributed by atoms with van der Waals surface area (Å²) in [7, 11) is 0. The van der Waals surface area contributed by atoms with Gasteiger partial charge in [-0.3, -0.25) is 0 Å². The van der Waals surface area contributed by atoms with Crippen molar-refractivity contribution in [1.29, 1.82) is 0 Å². The largest absolute Gasteiger partial charge is 0.494 e. The summed E-state index contributed by atoms with van der Waals surface area (Å²) in [6.45, 7) is 3.03. The monoisotopic (exact) mass is 399 g/mol. The van der Waals surface area contributed by atoms with E-state index in [0.29, 0.717) is 13.2 Å². The standard InChI is InChI=1S/C25H21NO4/c1-2-28-21-14-10-20(11-15-21)24-26-23(25(27)30-24)16-18-8-12-22(13-9-18)29-17-19-6-4-3-5-7-19/h3-16H,2,17H2,1H3/b23-16-. The first-order chi connectivity index (χ1) is 14.7. The van der Waals surface area contributed by atoms with Crippen LogP contribution in [0.2, 0.25) is 0 Å². The second-order valence-corrected chi connectivity index (χ2v) is 6.64. The summed E-state index contributed by atoms with van der Waals surface area (Å²) < 4.78 is 16.5. The van der Waals surface area contributed by atoms with E-state index in [1.165, 1.54) is 0 Å². The molecule has 0 spiro atoms. The highest BCUT2D eigenvalue weighted by Crippen LogP contribution is 2.22. The Morgan fingerprint density at radius 2 is 1.53 bits per heavy atom. The molecule has 0 radical (unpaired) electrons. The lowest BCUT2D eigenvalue weighted by molar-refractivity contribution is -0.129. The van der Waals surface area contributed by atoms with Crippen LogP contribution >= 0.6 is 0 Å². The van der Waals surface area contributed by atoms with Crippen LogP contribution in [0.3, 0.4) is 0 Å². The van der Waals surface area contributed by atoms with Crippen molar-refractivity contribution in [3.63, 3.8) is 0 Å². The number of esters is 1. The molecular weight excluding hydrogens is 378 g/mol. The molecule has 3 aromatic rings. The van der Waals surface area contributed by atoms with Crippen LogP contribution in [-0.4, -0.2) is 18.5 Å². The molecule has 30 heavy (non-hydrogen) atoms. The van der Waals surface area contributed by atoms with Crippen LogP contribution < -0.4 is 9.47 Å². The van der Waals surface area contributed by atoms with E-state index in [-0.39, 0.29) is 11.6 Å². The van der Waals surface area contributed by atoms with E-state index in [2.05, 4.69) is 4.99 Å². The Labute approximate surface area is 175 Å². The molecule has 0 aromatic heterocycles. The van der Waals surface area contributed by atoms with Crippen molar-refractivity contribution in [2.45, 2.75) is 13.5 Å². The molecule has 0 bridgehead atoms. The highest BCUT2D eigenvalue weighted by Gasteiger charge is 2.24. The fraction of sp³-hybridized carbons (Fsp3) is 0.120. The zero-order chi connectivity index (χ0) is 20.8. The van der Waals surface area contributed by atoms with Crippen molar-refractivity contribution in [3.8, 4) is 11.5 Å². The highest BCUT2D eigenvalue weighted by molar-refractivity contribution is 6.12. The SMILES string of the molecule is CCOc1ccc(C2=N/C(=C\c3ccc(OCc4ccccc4)cc3)C(=O)O2)cc1. The number of cyclic esters (lactones) is 1. The van der Waals surface area contributed by atoms with Gasteiger partial charge in [0.25, 0.3) is 0 Å². The van der Waals surface area contributed by atoms with Crippen LogP contribution in [-0.2, 0) is 16.1 Å². The van der Waals surface area contributed by atoms with Crippen LogP contribution in [0.15, 0.2) is 89.6 Å². The molecule has 0 amide bonds. The molecular formula is C25H21NO4. The predicted octanol–water partition coefficient (Wildman–Crippen LogP) is 5.01. The minimum atomic E-state index is -0.469. The van der Waals surface area contributed by atoms with E-state index in [4.69, 9.17) is 14.2 Å². The van der Waals surface area contributed by atoms with E-state index in [9.17, 15) is 4.79 Å². The number of hydrogen-bond acceptors (Lipinski definition) is 5. The van der Waals surface area contributed by atoms with E-state index < -0.39 is 5.97 Å². The molecule has 4 rings (SSSR count). The van der Waals surface area contributed by atoms with Gasteiger partial charge in [-0.1, -0.05) is 42.5 Å². The average molecular weight is 399 g/mol. The summed E-state index contributed by atoms with van der Waals surface area (Å²) in [4.78, 5) is 16.5. The van der Waals surface area contributed by atoms with Crippen LogP contribution in [0.4, 0.5) is 0 Å². The molecule has 3 aromatic carbocycles. The number of carbonyl (C=O) groups is 1. The van der Waals surface area contributed by atoms with Crippen LogP contribution in [0.5, 0.6) is 11.5 Å². The Hall–Kier alpha value is -3.86. The summed E-state index contributed by atoms with van der Waals surface area (Å²) in [5.41, 5.74) is 2.93. The number of carbonyl (C=O) groups excluding carboxylic acids is 1. The maximum atomic E-state index is 12.2. The molecule has 0 aliphatic carbocycles. The summed E-state index contributed by atoms with van der Waals surface area (Å²) in [6.07, 6.45) is 1.70. The number of rotatable bonds is 7. The summed E-state index contributed by atoms with van der Waals surface area (Å²) >= 11 is 0. The van der Waals surface area contributed by atoms with Gasteiger partial charge in [0.1, 0.15) is 18.1 Å².